The summed E-state index contributed by atoms with van der Waals surface area (Å²) in [6.45, 7) is 9.82. The lowest BCUT2D eigenvalue weighted by Crippen LogP contribution is -2.35. The normalized spacial score (nSPS) is 10.8. The van der Waals surface area contributed by atoms with Gasteiger partial charge in [-0.25, -0.2) is 0 Å². The van der Waals surface area contributed by atoms with E-state index in [0.29, 0.717) is 6.61 Å². The lowest BCUT2D eigenvalue weighted by Gasteiger charge is -2.21. The molecule has 0 unspecified atom stereocenters. The molecule has 0 aliphatic heterocycles. The van der Waals surface area contributed by atoms with Crippen LogP contribution in [0.15, 0.2) is 16.6 Å². The molecule has 0 amide bonds. The van der Waals surface area contributed by atoms with Crippen LogP contribution >= 0.6 is 28.3 Å². The number of nitrogens with one attached hydrogen (secondary N) is 1. The monoisotopic (exact) mass is 351 g/mol. The summed E-state index contributed by atoms with van der Waals surface area (Å²) in [4.78, 5) is 0. The number of halogens is 2. The Bertz CT molecular complexity index is 405. The Hall–Kier alpha value is -0.450. The SMILES string of the molecule is CCOc1c(Br)cc(CNC(C)(C)C)cc1OC.Cl. The largest absolute Gasteiger partial charge is 0.493 e. The van der Waals surface area contributed by atoms with Gasteiger partial charge in [0.2, 0.25) is 0 Å². The minimum Gasteiger partial charge on any atom is -0.493 e. The van der Waals surface area contributed by atoms with Crippen molar-refractivity contribution in [3.8, 4) is 11.5 Å². The van der Waals surface area contributed by atoms with Crippen molar-refractivity contribution in [1.82, 2.24) is 5.32 Å². The van der Waals surface area contributed by atoms with Crippen LogP contribution in [0.25, 0.3) is 0 Å². The summed E-state index contributed by atoms with van der Waals surface area (Å²) in [6, 6.07) is 4.07. The molecular weight excluding hydrogens is 330 g/mol. The van der Waals surface area contributed by atoms with Gasteiger partial charge in [0.15, 0.2) is 11.5 Å². The van der Waals surface area contributed by atoms with Crippen molar-refractivity contribution < 1.29 is 9.47 Å². The highest BCUT2D eigenvalue weighted by Gasteiger charge is 2.13. The third-order valence-electron chi connectivity index (χ3n) is 2.40. The minimum atomic E-state index is 0. The summed E-state index contributed by atoms with van der Waals surface area (Å²) in [5, 5.41) is 3.45. The first-order valence-corrected chi connectivity index (χ1v) is 6.91. The summed E-state index contributed by atoms with van der Waals surface area (Å²) in [5.41, 5.74) is 1.26. The topological polar surface area (TPSA) is 30.5 Å². The van der Waals surface area contributed by atoms with Crippen molar-refractivity contribution >= 4 is 28.3 Å². The maximum absolute atomic E-state index is 5.57. The molecule has 0 saturated heterocycles. The van der Waals surface area contributed by atoms with E-state index in [9.17, 15) is 0 Å². The van der Waals surface area contributed by atoms with Crippen molar-refractivity contribution in [2.24, 2.45) is 0 Å². The Labute approximate surface area is 130 Å². The molecule has 5 heteroatoms. The molecule has 3 nitrogen and oxygen atoms in total. The van der Waals surface area contributed by atoms with Crippen LogP contribution in [-0.2, 0) is 6.54 Å². The van der Waals surface area contributed by atoms with Crippen molar-refractivity contribution in [3.63, 3.8) is 0 Å². The number of ether oxygens (including phenoxy) is 2. The quantitative estimate of drug-likeness (QED) is 0.863. The second-order valence-electron chi connectivity index (χ2n) is 5.15. The van der Waals surface area contributed by atoms with Crippen molar-refractivity contribution in [1.29, 1.82) is 0 Å². The third kappa shape index (κ3) is 6.02. The van der Waals surface area contributed by atoms with Gasteiger partial charge in [0.25, 0.3) is 0 Å². The van der Waals surface area contributed by atoms with Crippen LogP contribution in [0.5, 0.6) is 11.5 Å². The molecule has 0 aliphatic rings. The molecule has 0 radical (unpaired) electrons. The fourth-order valence-electron chi connectivity index (χ4n) is 1.53. The molecule has 1 N–H and O–H groups in total. The van der Waals surface area contributed by atoms with Gasteiger partial charge in [-0.1, -0.05) is 0 Å². The van der Waals surface area contributed by atoms with E-state index < -0.39 is 0 Å². The lowest BCUT2D eigenvalue weighted by atomic mass is 10.1. The molecule has 0 heterocycles. The lowest BCUT2D eigenvalue weighted by molar-refractivity contribution is 0.308. The van der Waals surface area contributed by atoms with Crippen LogP contribution in [0.2, 0.25) is 0 Å². The molecule has 1 aromatic rings. The van der Waals surface area contributed by atoms with Crippen molar-refractivity contribution in [3.05, 3.63) is 22.2 Å². The van der Waals surface area contributed by atoms with Gasteiger partial charge in [-0.15, -0.1) is 12.4 Å². The number of rotatable bonds is 5. The minimum absolute atomic E-state index is 0. The van der Waals surface area contributed by atoms with Crippen LogP contribution in [0.4, 0.5) is 0 Å². The fourth-order valence-corrected chi connectivity index (χ4v) is 2.13. The highest BCUT2D eigenvalue weighted by molar-refractivity contribution is 9.10. The predicted octanol–water partition coefficient (Wildman–Crippen LogP) is 4.17. The van der Waals surface area contributed by atoms with Gasteiger partial charge in [0.1, 0.15) is 0 Å². The number of benzene rings is 1. The van der Waals surface area contributed by atoms with E-state index in [0.717, 1.165) is 28.1 Å². The van der Waals surface area contributed by atoms with Crippen molar-refractivity contribution in [2.75, 3.05) is 13.7 Å². The van der Waals surface area contributed by atoms with E-state index in [1.165, 1.54) is 0 Å². The van der Waals surface area contributed by atoms with Crippen LogP contribution in [0.3, 0.4) is 0 Å². The van der Waals surface area contributed by atoms with Crippen LogP contribution in [0.1, 0.15) is 33.3 Å². The van der Waals surface area contributed by atoms with Crippen LogP contribution < -0.4 is 14.8 Å². The molecule has 0 spiro atoms. The Balaban J connectivity index is 0.00000324. The van der Waals surface area contributed by atoms with Gasteiger partial charge >= 0.3 is 0 Å². The summed E-state index contributed by atoms with van der Waals surface area (Å²) in [5.74, 6) is 1.52. The summed E-state index contributed by atoms with van der Waals surface area (Å²) < 4.78 is 11.9. The van der Waals surface area contributed by atoms with Gasteiger partial charge in [-0.2, -0.15) is 0 Å². The standard InChI is InChI=1S/C14H22BrNO2.ClH/c1-6-18-13-11(15)7-10(8-12(13)17-5)9-16-14(2,3)4;/h7-8,16H,6,9H2,1-5H3;1H. The summed E-state index contributed by atoms with van der Waals surface area (Å²) in [7, 11) is 1.66. The zero-order chi connectivity index (χ0) is 13.8. The smallest absolute Gasteiger partial charge is 0.175 e. The number of hydrogen-bond acceptors (Lipinski definition) is 3. The van der Waals surface area contributed by atoms with E-state index >= 15 is 0 Å². The number of hydrogen-bond donors (Lipinski definition) is 1. The predicted molar refractivity (Wildman–Crippen MR) is 85.7 cm³/mol. The zero-order valence-corrected chi connectivity index (χ0v) is 14.6. The summed E-state index contributed by atoms with van der Waals surface area (Å²) >= 11 is 3.53. The zero-order valence-electron chi connectivity index (χ0n) is 12.2. The van der Waals surface area contributed by atoms with E-state index in [1.54, 1.807) is 7.11 Å². The Morgan fingerprint density at radius 1 is 1.26 bits per heavy atom. The van der Waals surface area contributed by atoms with Gasteiger partial charge in [0.05, 0.1) is 18.2 Å². The third-order valence-corrected chi connectivity index (χ3v) is 2.99. The Kier molecular flexibility index (Phi) is 7.79. The molecular formula is C14H23BrClNO2. The maximum Gasteiger partial charge on any atom is 0.175 e. The van der Waals surface area contributed by atoms with Crippen molar-refractivity contribution in [2.45, 2.75) is 39.8 Å². The van der Waals surface area contributed by atoms with Gasteiger partial charge in [-0.05, 0) is 61.3 Å². The number of methoxy groups -OCH3 is 1. The van der Waals surface area contributed by atoms with Crippen LogP contribution in [-0.4, -0.2) is 19.3 Å². The first-order chi connectivity index (χ1) is 8.37. The van der Waals surface area contributed by atoms with E-state index in [-0.39, 0.29) is 17.9 Å². The van der Waals surface area contributed by atoms with Gasteiger partial charge in [0, 0.05) is 12.1 Å². The summed E-state index contributed by atoms with van der Waals surface area (Å²) in [6.07, 6.45) is 0. The maximum atomic E-state index is 5.57. The molecule has 1 rings (SSSR count). The second-order valence-corrected chi connectivity index (χ2v) is 6.00. The average molecular weight is 353 g/mol. The molecule has 110 valence electrons. The molecule has 1 aromatic carbocycles. The van der Waals surface area contributed by atoms with E-state index in [4.69, 9.17) is 9.47 Å². The average Bonchev–Trinajstić information content (AvgIpc) is 2.28. The highest BCUT2D eigenvalue weighted by atomic mass is 79.9. The van der Waals surface area contributed by atoms with E-state index in [1.807, 2.05) is 13.0 Å². The molecule has 0 saturated carbocycles. The fraction of sp³-hybridized carbons (Fsp3) is 0.571. The first-order valence-electron chi connectivity index (χ1n) is 6.11. The van der Waals surface area contributed by atoms with Crippen LogP contribution in [0, 0.1) is 0 Å². The van der Waals surface area contributed by atoms with Gasteiger partial charge in [-0.3, -0.25) is 0 Å². The van der Waals surface area contributed by atoms with E-state index in [2.05, 4.69) is 48.1 Å². The Morgan fingerprint density at radius 3 is 2.37 bits per heavy atom. The first kappa shape index (κ1) is 18.6. The molecule has 19 heavy (non-hydrogen) atoms. The second kappa shape index (κ2) is 7.98. The van der Waals surface area contributed by atoms with Gasteiger partial charge < -0.3 is 14.8 Å². The molecule has 0 aliphatic carbocycles. The molecule has 0 fully saturated rings. The Morgan fingerprint density at radius 2 is 1.89 bits per heavy atom. The molecule has 0 bridgehead atoms. The highest BCUT2D eigenvalue weighted by Crippen LogP contribution is 2.36. The molecule has 0 atom stereocenters. The molecule has 0 aromatic heterocycles.